The summed E-state index contributed by atoms with van der Waals surface area (Å²) >= 11 is 0. The van der Waals surface area contributed by atoms with Gasteiger partial charge in [-0.15, -0.1) is 0 Å². The van der Waals surface area contributed by atoms with Crippen LogP contribution in [0.2, 0.25) is 0 Å². The average Bonchev–Trinajstić information content (AvgIpc) is 2.33. The van der Waals surface area contributed by atoms with Crippen molar-refractivity contribution in [2.75, 3.05) is 17.3 Å². The van der Waals surface area contributed by atoms with Gasteiger partial charge in [0.05, 0.1) is 23.4 Å². The first-order valence-corrected chi connectivity index (χ1v) is 5.53. The molecule has 0 spiro atoms. The number of carboxylic acid groups (broad SMARTS) is 2. The molecule has 7 nitrogen and oxygen atoms in total. The van der Waals surface area contributed by atoms with Crippen LogP contribution in [0, 0.1) is 0 Å². The molecule has 1 aliphatic rings. The van der Waals surface area contributed by atoms with Gasteiger partial charge in [0.1, 0.15) is 6.04 Å². The van der Waals surface area contributed by atoms with E-state index in [9.17, 15) is 14.4 Å². The summed E-state index contributed by atoms with van der Waals surface area (Å²) < 4.78 is 0. The Kier molecular flexibility index (Phi) is 3.12. The number of benzene rings is 1. The summed E-state index contributed by atoms with van der Waals surface area (Å²) in [6.45, 7) is 0. The van der Waals surface area contributed by atoms with Gasteiger partial charge in [-0.2, -0.15) is 0 Å². The number of carbonyl (C=O) groups is 3. The summed E-state index contributed by atoms with van der Waals surface area (Å²) in [5.74, 6) is -2.59. The molecule has 0 aromatic heterocycles. The van der Waals surface area contributed by atoms with Crippen LogP contribution in [0.3, 0.4) is 0 Å². The quantitative estimate of drug-likeness (QED) is 0.738. The number of aromatic carboxylic acids is 1. The van der Waals surface area contributed by atoms with Crippen molar-refractivity contribution in [3.63, 3.8) is 0 Å². The van der Waals surface area contributed by atoms with E-state index >= 15 is 0 Å². The third-order valence-electron chi connectivity index (χ3n) is 3.02. The Labute approximate surface area is 108 Å². The highest BCUT2D eigenvalue weighted by Crippen LogP contribution is 2.32. The molecule has 100 valence electrons. The third-order valence-corrected chi connectivity index (χ3v) is 3.02. The number of rotatable bonds is 3. The van der Waals surface area contributed by atoms with E-state index in [-0.39, 0.29) is 12.0 Å². The molecule has 2 rings (SSSR count). The van der Waals surface area contributed by atoms with Crippen molar-refractivity contribution < 1.29 is 24.6 Å². The van der Waals surface area contributed by atoms with Crippen LogP contribution in [0.5, 0.6) is 0 Å². The minimum absolute atomic E-state index is 0.0795. The van der Waals surface area contributed by atoms with Gasteiger partial charge in [-0.05, 0) is 18.2 Å². The molecule has 1 aromatic rings. The van der Waals surface area contributed by atoms with Gasteiger partial charge >= 0.3 is 11.9 Å². The van der Waals surface area contributed by atoms with Gasteiger partial charge in [-0.3, -0.25) is 9.59 Å². The van der Waals surface area contributed by atoms with Gasteiger partial charge in [0.25, 0.3) is 0 Å². The lowest BCUT2D eigenvalue weighted by atomic mass is 10.0. The first-order chi connectivity index (χ1) is 8.90. The maximum atomic E-state index is 11.8. The fourth-order valence-electron chi connectivity index (χ4n) is 2.02. The van der Waals surface area contributed by atoms with Crippen molar-refractivity contribution in [3.05, 3.63) is 23.8 Å². The second-order valence-electron chi connectivity index (χ2n) is 4.25. The SMILES string of the molecule is CN1c2cc(C(=O)O)ccc2NC(=O)C1CC(=O)O. The second-order valence-corrected chi connectivity index (χ2v) is 4.25. The number of amides is 1. The van der Waals surface area contributed by atoms with Crippen LogP contribution in [0.15, 0.2) is 18.2 Å². The molecule has 1 aromatic carbocycles. The van der Waals surface area contributed by atoms with E-state index in [0.717, 1.165) is 0 Å². The maximum Gasteiger partial charge on any atom is 0.335 e. The number of hydrogen-bond acceptors (Lipinski definition) is 4. The summed E-state index contributed by atoms with van der Waals surface area (Å²) in [6, 6.07) is 3.43. The molecule has 0 radical (unpaired) electrons. The Bertz CT molecular complexity index is 569. The maximum absolute atomic E-state index is 11.8. The van der Waals surface area contributed by atoms with E-state index in [2.05, 4.69) is 5.32 Å². The predicted molar refractivity (Wildman–Crippen MR) is 66.5 cm³/mol. The molecule has 1 heterocycles. The molecular weight excluding hydrogens is 252 g/mol. The molecule has 7 heteroatoms. The fraction of sp³-hybridized carbons (Fsp3) is 0.250. The van der Waals surface area contributed by atoms with E-state index in [0.29, 0.717) is 11.4 Å². The van der Waals surface area contributed by atoms with E-state index in [1.54, 1.807) is 7.05 Å². The van der Waals surface area contributed by atoms with Gasteiger partial charge in [0.2, 0.25) is 5.91 Å². The number of fused-ring (bicyclic) bond motifs is 1. The fourth-order valence-corrected chi connectivity index (χ4v) is 2.02. The molecule has 19 heavy (non-hydrogen) atoms. The number of hydrogen-bond donors (Lipinski definition) is 3. The first kappa shape index (κ1) is 12.9. The van der Waals surface area contributed by atoms with Crippen molar-refractivity contribution in [1.29, 1.82) is 0 Å². The zero-order chi connectivity index (χ0) is 14.2. The summed E-state index contributed by atoms with van der Waals surface area (Å²) in [6.07, 6.45) is -0.348. The molecule has 0 saturated carbocycles. The lowest BCUT2D eigenvalue weighted by molar-refractivity contribution is -0.138. The van der Waals surface area contributed by atoms with Crippen molar-refractivity contribution in [3.8, 4) is 0 Å². The monoisotopic (exact) mass is 264 g/mol. The Balaban J connectivity index is 2.41. The summed E-state index contributed by atoms with van der Waals surface area (Å²) in [5.41, 5.74) is 1.04. The molecule has 0 fully saturated rings. The van der Waals surface area contributed by atoms with Crippen LogP contribution >= 0.6 is 0 Å². The van der Waals surface area contributed by atoms with Gasteiger partial charge in [-0.25, -0.2) is 4.79 Å². The molecule has 0 saturated heterocycles. The van der Waals surface area contributed by atoms with Crippen LogP contribution in [0.1, 0.15) is 16.8 Å². The third kappa shape index (κ3) is 2.35. The van der Waals surface area contributed by atoms with Crippen LogP contribution < -0.4 is 10.2 Å². The van der Waals surface area contributed by atoms with Crippen LogP contribution in [-0.2, 0) is 9.59 Å². The number of likely N-dealkylation sites (N-methyl/N-ethyl adjacent to an activating group) is 1. The van der Waals surface area contributed by atoms with Gasteiger partial charge < -0.3 is 20.4 Å². The number of nitrogens with one attached hydrogen (secondary N) is 1. The number of nitrogens with zero attached hydrogens (tertiary/aromatic N) is 1. The molecule has 1 atom stereocenters. The smallest absolute Gasteiger partial charge is 0.335 e. The predicted octanol–water partition coefficient (Wildman–Crippen LogP) is 0.616. The molecule has 1 amide bonds. The topological polar surface area (TPSA) is 107 Å². The van der Waals surface area contributed by atoms with Crippen molar-refractivity contribution in [2.24, 2.45) is 0 Å². The lowest BCUT2D eigenvalue weighted by Gasteiger charge is -2.34. The highest BCUT2D eigenvalue weighted by molar-refractivity contribution is 6.06. The molecule has 0 aliphatic carbocycles. The normalized spacial score (nSPS) is 17.6. The highest BCUT2D eigenvalue weighted by Gasteiger charge is 2.32. The Morgan fingerprint density at radius 1 is 1.37 bits per heavy atom. The number of aliphatic carboxylic acids is 1. The van der Waals surface area contributed by atoms with E-state index in [1.807, 2.05) is 0 Å². The number of carbonyl (C=O) groups excluding carboxylic acids is 1. The van der Waals surface area contributed by atoms with Crippen LogP contribution in [0.4, 0.5) is 11.4 Å². The molecule has 1 unspecified atom stereocenters. The van der Waals surface area contributed by atoms with Crippen molar-refractivity contribution in [1.82, 2.24) is 0 Å². The van der Waals surface area contributed by atoms with Crippen molar-refractivity contribution in [2.45, 2.75) is 12.5 Å². The number of carboxylic acids is 2. The molecule has 0 bridgehead atoms. The molecule has 3 N–H and O–H groups in total. The average molecular weight is 264 g/mol. The zero-order valence-corrected chi connectivity index (χ0v) is 10.1. The standard InChI is InChI=1S/C12H12N2O5/c1-14-8-4-6(12(18)19)2-3-7(8)13-11(17)9(14)5-10(15)16/h2-4,9H,5H2,1H3,(H,13,17)(H,15,16)(H,18,19). The van der Waals surface area contributed by atoms with Gasteiger partial charge in [-0.1, -0.05) is 0 Å². The summed E-state index contributed by atoms with van der Waals surface area (Å²) in [5, 5.41) is 20.3. The molecule has 1 aliphatic heterocycles. The van der Waals surface area contributed by atoms with Gasteiger partial charge in [0.15, 0.2) is 0 Å². The van der Waals surface area contributed by atoms with Crippen LogP contribution in [0.25, 0.3) is 0 Å². The first-order valence-electron chi connectivity index (χ1n) is 5.53. The Hall–Kier alpha value is -2.57. The largest absolute Gasteiger partial charge is 0.481 e. The minimum atomic E-state index is -1.09. The molecular formula is C12H12N2O5. The van der Waals surface area contributed by atoms with Crippen LogP contribution in [-0.4, -0.2) is 41.1 Å². The number of anilines is 2. The Morgan fingerprint density at radius 3 is 2.63 bits per heavy atom. The zero-order valence-electron chi connectivity index (χ0n) is 10.1. The summed E-state index contributed by atoms with van der Waals surface area (Å²) in [4.78, 5) is 34.9. The van der Waals surface area contributed by atoms with E-state index in [4.69, 9.17) is 10.2 Å². The highest BCUT2D eigenvalue weighted by atomic mass is 16.4. The Morgan fingerprint density at radius 2 is 2.05 bits per heavy atom. The van der Waals surface area contributed by atoms with Gasteiger partial charge in [0, 0.05) is 7.05 Å². The minimum Gasteiger partial charge on any atom is -0.481 e. The second kappa shape index (κ2) is 4.60. The summed E-state index contributed by atoms with van der Waals surface area (Å²) in [7, 11) is 1.57. The van der Waals surface area contributed by atoms with E-state index < -0.39 is 23.9 Å². The van der Waals surface area contributed by atoms with Crippen molar-refractivity contribution >= 4 is 29.2 Å². The lowest BCUT2D eigenvalue weighted by Crippen LogP contribution is -2.47. The van der Waals surface area contributed by atoms with E-state index in [1.165, 1.54) is 23.1 Å².